The number of rotatable bonds is 7. The Morgan fingerprint density at radius 3 is 2.97 bits per heavy atom. The van der Waals surface area contributed by atoms with Crippen LogP contribution in [0.25, 0.3) is 10.9 Å². The molecule has 0 unspecified atom stereocenters. The van der Waals surface area contributed by atoms with Gasteiger partial charge in [-0.05, 0) is 50.3 Å². The summed E-state index contributed by atoms with van der Waals surface area (Å²) in [6.07, 6.45) is 4.12. The first-order chi connectivity index (χ1) is 16.7. The summed E-state index contributed by atoms with van der Waals surface area (Å²) in [5.41, 5.74) is 6.25. The third-order valence-corrected chi connectivity index (χ3v) is 8.05. The van der Waals surface area contributed by atoms with Gasteiger partial charge >= 0.3 is 0 Å². The van der Waals surface area contributed by atoms with Crippen molar-refractivity contribution in [3.63, 3.8) is 0 Å². The summed E-state index contributed by atoms with van der Waals surface area (Å²) in [6.45, 7) is 5.46. The Kier molecular flexibility index (Phi) is 5.96. The molecule has 0 saturated heterocycles. The Hall–Kier alpha value is -2.56. The van der Waals surface area contributed by atoms with Gasteiger partial charge in [0.25, 0.3) is 0 Å². The van der Waals surface area contributed by atoms with Crippen molar-refractivity contribution in [3.05, 3.63) is 55.2 Å². The second-order valence-electron chi connectivity index (χ2n) is 8.65. The molecule has 4 heterocycles. The average molecular weight is 540 g/mol. The van der Waals surface area contributed by atoms with Crippen molar-refractivity contribution in [2.24, 2.45) is 0 Å². The van der Waals surface area contributed by atoms with Gasteiger partial charge in [0.2, 0.25) is 5.95 Å². The number of aryl methyl sites for hydroxylation is 1. The van der Waals surface area contributed by atoms with Gasteiger partial charge in [-0.2, -0.15) is 4.98 Å². The van der Waals surface area contributed by atoms with Crippen LogP contribution in [0, 0.1) is 0 Å². The van der Waals surface area contributed by atoms with E-state index in [0.717, 1.165) is 65.0 Å². The molecule has 4 aromatic rings. The van der Waals surface area contributed by atoms with Crippen LogP contribution >= 0.6 is 27.3 Å². The first kappa shape index (κ1) is 21.9. The monoisotopic (exact) mass is 539 g/mol. The summed E-state index contributed by atoms with van der Waals surface area (Å²) in [5, 5.41) is 15.2. The number of nitrogens with one attached hydrogen (secondary N) is 2. The molecule has 0 bridgehead atoms. The van der Waals surface area contributed by atoms with E-state index in [2.05, 4.69) is 59.5 Å². The summed E-state index contributed by atoms with van der Waals surface area (Å²) >= 11 is 5.31. The van der Waals surface area contributed by atoms with Crippen molar-refractivity contribution in [1.29, 1.82) is 0 Å². The normalized spacial score (nSPS) is 15.1. The van der Waals surface area contributed by atoms with Crippen molar-refractivity contribution in [2.75, 3.05) is 23.4 Å². The van der Waals surface area contributed by atoms with E-state index in [-0.39, 0.29) is 0 Å². The van der Waals surface area contributed by atoms with Crippen molar-refractivity contribution in [2.45, 2.75) is 52.3 Å². The quantitative estimate of drug-likeness (QED) is 0.349. The van der Waals surface area contributed by atoms with E-state index in [9.17, 15) is 0 Å². The number of hydrogen-bond acceptors (Lipinski definition) is 8. The van der Waals surface area contributed by atoms with Gasteiger partial charge in [-0.3, -0.25) is 0 Å². The Balaban J connectivity index is 1.24. The Morgan fingerprint density at radius 2 is 2.06 bits per heavy atom. The Labute approximate surface area is 210 Å². The maximum Gasteiger partial charge on any atom is 0.227 e. The van der Waals surface area contributed by atoms with Gasteiger partial charge in [-0.1, -0.05) is 33.3 Å². The lowest BCUT2D eigenvalue weighted by Crippen LogP contribution is -2.32. The lowest BCUT2D eigenvalue weighted by molar-refractivity contribution is 0.133. The maximum absolute atomic E-state index is 5.45. The molecule has 176 valence electrons. The third kappa shape index (κ3) is 4.08. The molecular weight excluding hydrogens is 514 g/mol. The van der Waals surface area contributed by atoms with Crippen LogP contribution in [0.2, 0.25) is 0 Å². The number of halogens is 1. The number of aromatic amines is 1. The lowest BCUT2D eigenvalue weighted by Gasteiger charge is -2.28. The van der Waals surface area contributed by atoms with E-state index in [0.29, 0.717) is 19.8 Å². The fourth-order valence-corrected chi connectivity index (χ4v) is 6.22. The number of ether oxygens (including phenoxy) is 1. The predicted molar refractivity (Wildman–Crippen MR) is 137 cm³/mol. The highest BCUT2D eigenvalue weighted by molar-refractivity contribution is 9.10. The lowest BCUT2D eigenvalue weighted by atomic mass is 10.0. The first-order valence-electron chi connectivity index (χ1n) is 11.7. The van der Waals surface area contributed by atoms with Crippen LogP contribution in [-0.4, -0.2) is 38.3 Å². The Bertz CT molecular complexity index is 1350. The molecule has 0 saturated carbocycles. The summed E-state index contributed by atoms with van der Waals surface area (Å²) in [5.74, 6) is 1.74. The smallest absolute Gasteiger partial charge is 0.227 e. The van der Waals surface area contributed by atoms with Crippen LogP contribution in [-0.2, 0) is 43.7 Å². The minimum atomic E-state index is 0.516. The molecule has 2 aliphatic rings. The van der Waals surface area contributed by atoms with E-state index in [4.69, 9.17) is 14.7 Å². The van der Waals surface area contributed by atoms with E-state index in [1.54, 1.807) is 11.3 Å². The molecule has 0 spiro atoms. The minimum Gasteiger partial charge on any atom is -0.374 e. The van der Waals surface area contributed by atoms with Gasteiger partial charge in [-0.15, -0.1) is 10.2 Å². The topological polar surface area (TPSA) is 91.9 Å². The van der Waals surface area contributed by atoms with E-state index in [1.165, 1.54) is 33.4 Å². The van der Waals surface area contributed by atoms with Gasteiger partial charge < -0.3 is 19.9 Å². The average Bonchev–Trinajstić information content (AvgIpc) is 3.59. The minimum absolute atomic E-state index is 0.516. The molecule has 1 aliphatic carbocycles. The molecule has 1 aliphatic heterocycles. The van der Waals surface area contributed by atoms with Gasteiger partial charge in [0, 0.05) is 39.8 Å². The second kappa shape index (κ2) is 9.24. The number of fused-ring (bicyclic) bond motifs is 4. The van der Waals surface area contributed by atoms with Crippen LogP contribution in [0.1, 0.15) is 45.9 Å². The number of nitrogens with zero attached hydrogens (tertiary/aromatic N) is 5. The number of anilines is 2. The van der Waals surface area contributed by atoms with E-state index < -0.39 is 0 Å². The molecule has 2 N–H and O–H groups in total. The highest BCUT2D eigenvalue weighted by Crippen LogP contribution is 2.35. The SMILES string of the molecule is CCOCc1nnc(CNc2nc(N3CCc4c([nH]c5cccc(Br)c45)C3)nc3c2CCC3)s1. The number of aromatic nitrogens is 5. The molecule has 0 radical (unpaired) electrons. The van der Waals surface area contributed by atoms with Gasteiger partial charge in [-0.25, -0.2) is 4.98 Å². The molecule has 8 nitrogen and oxygen atoms in total. The molecule has 0 fully saturated rings. The van der Waals surface area contributed by atoms with Gasteiger partial charge in [0.05, 0.1) is 18.8 Å². The van der Waals surface area contributed by atoms with E-state index >= 15 is 0 Å². The molecule has 0 amide bonds. The summed E-state index contributed by atoms with van der Waals surface area (Å²) < 4.78 is 6.60. The highest BCUT2D eigenvalue weighted by atomic mass is 79.9. The largest absolute Gasteiger partial charge is 0.374 e. The van der Waals surface area contributed by atoms with Crippen LogP contribution in [0.5, 0.6) is 0 Å². The van der Waals surface area contributed by atoms with Crippen LogP contribution < -0.4 is 10.2 Å². The van der Waals surface area contributed by atoms with E-state index in [1.807, 2.05) is 6.92 Å². The molecule has 3 aromatic heterocycles. The number of benzene rings is 1. The van der Waals surface area contributed by atoms with Crippen molar-refractivity contribution in [3.8, 4) is 0 Å². The number of H-pyrrole nitrogens is 1. The highest BCUT2D eigenvalue weighted by Gasteiger charge is 2.26. The molecule has 6 rings (SSSR count). The molecular formula is C24H26BrN7OS. The molecule has 1 aromatic carbocycles. The fourth-order valence-electron chi connectivity index (χ4n) is 4.90. The second-order valence-corrected chi connectivity index (χ2v) is 10.6. The standard InChI is InChI=1S/C24H26BrN7OS/c1-2-33-13-21-31-30-20(34-21)11-26-23-15-5-3-7-17(15)28-24(29-23)32-10-9-14-19(12-32)27-18-8-4-6-16(25)22(14)18/h4,6,8,27H,2-3,5,7,9-13H2,1H3,(H,26,28,29). The Morgan fingerprint density at radius 1 is 1.15 bits per heavy atom. The van der Waals surface area contributed by atoms with Crippen molar-refractivity contribution < 1.29 is 4.74 Å². The molecule has 34 heavy (non-hydrogen) atoms. The fraction of sp³-hybridized carbons (Fsp3) is 0.417. The van der Waals surface area contributed by atoms with Gasteiger partial charge in [0.15, 0.2) is 0 Å². The molecule has 0 atom stereocenters. The molecule has 10 heteroatoms. The van der Waals surface area contributed by atoms with Crippen LogP contribution in [0.3, 0.4) is 0 Å². The van der Waals surface area contributed by atoms with Crippen molar-refractivity contribution in [1.82, 2.24) is 25.1 Å². The van der Waals surface area contributed by atoms with Crippen LogP contribution in [0.15, 0.2) is 22.7 Å². The third-order valence-electron chi connectivity index (χ3n) is 6.50. The van der Waals surface area contributed by atoms with Crippen LogP contribution in [0.4, 0.5) is 11.8 Å². The summed E-state index contributed by atoms with van der Waals surface area (Å²) in [7, 11) is 0. The predicted octanol–water partition coefficient (Wildman–Crippen LogP) is 4.77. The zero-order chi connectivity index (χ0) is 23.1. The summed E-state index contributed by atoms with van der Waals surface area (Å²) in [6, 6.07) is 6.33. The first-order valence-corrected chi connectivity index (χ1v) is 13.4. The van der Waals surface area contributed by atoms with Gasteiger partial charge in [0.1, 0.15) is 22.4 Å². The number of hydrogen-bond donors (Lipinski definition) is 2. The zero-order valence-corrected chi connectivity index (χ0v) is 21.4. The summed E-state index contributed by atoms with van der Waals surface area (Å²) in [4.78, 5) is 15.9. The maximum atomic E-state index is 5.45. The zero-order valence-electron chi connectivity index (χ0n) is 19.0. The van der Waals surface area contributed by atoms with Crippen molar-refractivity contribution >= 4 is 49.9 Å².